The van der Waals surface area contributed by atoms with Gasteiger partial charge in [0, 0.05) is 25.2 Å². The van der Waals surface area contributed by atoms with E-state index in [1.165, 1.54) is 0 Å². The van der Waals surface area contributed by atoms with Crippen LogP contribution in [0.1, 0.15) is 5.56 Å². The molecule has 0 radical (unpaired) electrons. The molecule has 0 spiro atoms. The van der Waals surface area contributed by atoms with Crippen molar-refractivity contribution in [2.45, 2.75) is 6.42 Å². The molecule has 0 aromatic heterocycles. The van der Waals surface area contributed by atoms with Gasteiger partial charge in [-0.2, -0.15) is 0 Å². The van der Waals surface area contributed by atoms with Gasteiger partial charge in [0.15, 0.2) is 11.5 Å². The smallest absolute Gasteiger partial charge is 0.166 e. The van der Waals surface area contributed by atoms with Crippen LogP contribution in [0.3, 0.4) is 0 Å². The fraction of sp³-hybridized carbons (Fsp3) is 0.250. The minimum absolute atomic E-state index is 0.127. The van der Waals surface area contributed by atoms with E-state index in [9.17, 15) is 5.11 Å². The molecule has 1 N–H and O–H groups in total. The van der Waals surface area contributed by atoms with Crippen molar-refractivity contribution >= 4 is 23.8 Å². The first-order valence-corrected chi connectivity index (χ1v) is 11.2. The van der Waals surface area contributed by atoms with Gasteiger partial charge in [0.05, 0.1) is 45.7 Å². The van der Waals surface area contributed by atoms with Gasteiger partial charge in [0.25, 0.3) is 0 Å². The summed E-state index contributed by atoms with van der Waals surface area (Å²) in [6.45, 7) is 0.556. The lowest BCUT2D eigenvalue weighted by molar-refractivity contribution is 0.336. The van der Waals surface area contributed by atoms with Crippen LogP contribution in [0.2, 0.25) is 0 Å². The first kappa shape index (κ1) is 21.1. The molecule has 1 heterocycles. The van der Waals surface area contributed by atoms with E-state index in [4.69, 9.17) is 23.7 Å². The van der Waals surface area contributed by atoms with Crippen molar-refractivity contribution in [3.63, 3.8) is 0 Å². The van der Waals surface area contributed by atoms with E-state index in [0.29, 0.717) is 40.7 Å². The summed E-state index contributed by atoms with van der Waals surface area (Å²) in [6, 6.07) is 15.3. The van der Waals surface area contributed by atoms with Crippen molar-refractivity contribution in [1.82, 2.24) is 0 Å². The SMILES string of the molecule is COc1cccc(OC)c1P(c1ccc2c(c1O)OCC2)c1c(OC)cccc1OC. The molecule has 0 atom stereocenters. The number of methoxy groups -OCH3 is 4. The number of aromatic hydroxyl groups is 1. The summed E-state index contributed by atoms with van der Waals surface area (Å²) in [6.07, 6.45) is 0.775. The van der Waals surface area contributed by atoms with E-state index < -0.39 is 7.92 Å². The fourth-order valence-corrected chi connectivity index (χ4v) is 6.65. The summed E-state index contributed by atoms with van der Waals surface area (Å²) < 4.78 is 28.7. The molecule has 3 aromatic rings. The number of fused-ring (bicyclic) bond motifs is 1. The van der Waals surface area contributed by atoms with Crippen LogP contribution in [0.4, 0.5) is 0 Å². The second kappa shape index (κ2) is 8.94. The lowest BCUT2D eigenvalue weighted by Crippen LogP contribution is -2.26. The molecular weight excluding hydrogens is 415 g/mol. The average Bonchev–Trinajstić information content (AvgIpc) is 3.30. The van der Waals surface area contributed by atoms with Gasteiger partial charge < -0.3 is 28.8 Å². The molecule has 0 aliphatic carbocycles. The highest BCUT2D eigenvalue weighted by Crippen LogP contribution is 2.49. The predicted molar refractivity (Wildman–Crippen MR) is 122 cm³/mol. The van der Waals surface area contributed by atoms with Crippen molar-refractivity contribution in [2.75, 3.05) is 35.0 Å². The lowest BCUT2D eigenvalue weighted by atomic mass is 10.1. The summed E-state index contributed by atoms with van der Waals surface area (Å²) in [5.74, 6) is 3.27. The minimum atomic E-state index is -1.41. The summed E-state index contributed by atoms with van der Waals surface area (Å²) in [5.41, 5.74) is 0.996. The van der Waals surface area contributed by atoms with E-state index in [-0.39, 0.29) is 5.75 Å². The Morgan fingerprint density at radius 2 is 1.23 bits per heavy atom. The molecule has 1 aliphatic heterocycles. The van der Waals surface area contributed by atoms with Crippen LogP contribution < -0.4 is 39.6 Å². The third kappa shape index (κ3) is 3.61. The van der Waals surface area contributed by atoms with Crippen LogP contribution in [0, 0.1) is 0 Å². The Hall–Kier alpha value is -3.11. The highest BCUT2D eigenvalue weighted by molar-refractivity contribution is 7.80. The molecular formula is C24H25O6P. The number of phenolic OH excluding ortho intramolecular Hbond substituents is 1. The molecule has 4 rings (SSSR count). The van der Waals surface area contributed by atoms with Gasteiger partial charge in [-0.1, -0.05) is 18.2 Å². The topological polar surface area (TPSA) is 66.4 Å². The Morgan fingerprint density at radius 3 is 1.68 bits per heavy atom. The quantitative estimate of drug-likeness (QED) is 0.570. The Kier molecular flexibility index (Phi) is 6.10. The van der Waals surface area contributed by atoms with Gasteiger partial charge in [0.2, 0.25) is 0 Å². The van der Waals surface area contributed by atoms with Gasteiger partial charge in [-0.25, -0.2) is 0 Å². The zero-order valence-electron chi connectivity index (χ0n) is 18.0. The molecule has 0 fully saturated rings. The van der Waals surface area contributed by atoms with Gasteiger partial charge in [-0.15, -0.1) is 0 Å². The largest absolute Gasteiger partial charge is 0.504 e. The minimum Gasteiger partial charge on any atom is -0.504 e. The van der Waals surface area contributed by atoms with Crippen LogP contribution in [0.5, 0.6) is 34.5 Å². The summed E-state index contributed by atoms with van der Waals surface area (Å²) in [7, 11) is 5.08. The van der Waals surface area contributed by atoms with Crippen molar-refractivity contribution in [2.24, 2.45) is 0 Å². The van der Waals surface area contributed by atoms with Crippen molar-refractivity contribution in [3.05, 3.63) is 54.1 Å². The summed E-state index contributed by atoms with van der Waals surface area (Å²) in [5, 5.41) is 13.6. The molecule has 162 valence electrons. The molecule has 0 saturated carbocycles. The number of hydrogen-bond donors (Lipinski definition) is 1. The summed E-state index contributed by atoms with van der Waals surface area (Å²) >= 11 is 0. The molecule has 3 aromatic carbocycles. The fourth-order valence-electron chi connectivity index (χ4n) is 3.86. The predicted octanol–water partition coefficient (Wildman–Crippen LogP) is 3.12. The highest BCUT2D eigenvalue weighted by Gasteiger charge is 2.33. The Bertz CT molecular complexity index is 998. The lowest BCUT2D eigenvalue weighted by Gasteiger charge is -2.27. The van der Waals surface area contributed by atoms with Gasteiger partial charge in [0.1, 0.15) is 23.0 Å². The van der Waals surface area contributed by atoms with Crippen molar-refractivity contribution in [3.8, 4) is 34.5 Å². The Balaban J connectivity index is 2.09. The zero-order chi connectivity index (χ0) is 22.0. The first-order chi connectivity index (χ1) is 15.1. The van der Waals surface area contributed by atoms with E-state index in [2.05, 4.69) is 0 Å². The number of ether oxygens (including phenoxy) is 5. The zero-order valence-corrected chi connectivity index (χ0v) is 18.9. The third-order valence-electron chi connectivity index (χ3n) is 5.30. The molecule has 7 heteroatoms. The summed E-state index contributed by atoms with van der Waals surface area (Å²) in [4.78, 5) is 0. The monoisotopic (exact) mass is 440 g/mol. The maximum absolute atomic E-state index is 11.3. The highest BCUT2D eigenvalue weighted by atomic mass is 31.1. The van der Waals surface area contributed by atoms with E-state index in [1.54, 1.807) is 28.4 Å². The molecule has 1 aliphatic rings. The molecule has 31 heavy (non-hydrogen) atoms. The molecule has 0 unspecified atom stereocenters. The van der Waals surface area contributed by atoms with Crippen LogP contribution in [0.15, 0.2) is 48.5 Å². The van der Waals surface area contributed by atoms with Crippen LogP contribution in [-0.2, 0) is 6.42 Å². The van der Waals surface area contributed by atoms with Crippen LogP contribution >= 0.6 is 7.92 Å². The van der Waals surface area contributed by atoms with Crippen LogP contribution in [0.25, 0.3) is 0 Å². The van der Waals surface area contributed by atoms with E-state index in [0.717, 1.165) is 22.6 Å². The molecule has 0 amide bonds. The number of phenols is 1. The van der Waals surface area contributed by atoms with Gasteiger partial charge in [-0.05, 0) is 30.3 Å². The normalized spacial score (nSPS) is 12.3. The second-order valence-corrected chi connectivity index (χ2v) is 8.92. The second-order valence-electron chi connectivity index (χ2n) is 6.88. The average molecular weight is 440 g/mol. The van der Waals surface area contributed by atoms with Gasteiger partial charge in [-0.3, -0.25) is 0 Å². The molecule has 0 bridgehead atoms. The Labute approximate surface area is 183 Å². The molecule has 6 nitrogen and oxygen atoms in total. The number of rotatable bonds is 7. The standard InChI is InChI=1S/C24H25O6P/c1-26-16-7-5-8-17(27-2)23(16)31(24-18(28-3)9-6-10-19(24)29-4)20-12-11-15-13-14-30-22(15)21(20)25/h5-12,25H,13-14H2,1-4H3. The van der Waals surface area contributed by atoms with E-state index in [1.807, 2.05) is 48.5 Å². The van der Waals surface area contributed by atoms with E-state index >= 15 is 0 Å². The van der Waals surface area contributed by atoms with Crippen LogP contribution in [-0.4, -0.2) is 40.2 Å². The third-order valence-corrected chi connectivity index (χ3v) is 7.92. The molecule has 0 saturated heterocycles. The number of hydrogen-bond acceptors (Lipinski definition) is 6. The first-order valence-electron chi connectivity index (χ1n) is 9.84. The van der Waals surface area contributed by atoms with Gasteiger partial charge >= 0.3 is 0 Å². The Morgan fingerprint density at radius 1 is 0.742 bits per heavy atom. The number of benzene rings is 3. The maximum Gasteiger partial charge on any atom is 0.166 e. The van der Waals surface area contributed by atoms with Crippen molar-refractivity contribution < 1.29 is 28.8 Å². The maximum atomic E-state index is 11.3. The van der Waals surface area contributed by atoms with Crippen molar-refractivity contribution in [1.29, 1.82) is 0 Å².